The Morgan fingerprint density at radius 2 is 1.02 bits per heavy atom. The molecular weight excluding hydrogens is 717 g/mol. The van der Waals surface area contributed by atoms with Crippen molar-refractivity contribution in [2.24, 2.45) is 0 Å². The minimum atomic E-state index is -4.91. The molecule has 50 heavy (non-hydrogen) atoms. The molecule has 0 bridgehead atoms. The van der Waals surface area contributed by atoms with Crippen molar-refractivity contribution in [3.63, 3.8) is 0 Å². The summed E-state index contributed by atoms with van der Waals surface area (Å²) in [5.74, 6) is -1.43. The molecule has 0 spiro atoms. The monoisotopic (exact) mass is 738 g/mol. The van der Waals surface area contributed by atoms with E-state index in [1.165, 1.54) is 60.7 Å². The average molecular weight is 739 g/mol. The number of benzene rings is 5. The van der Waals surface area contributed by atoms with Crippen molar-refractivity contribution >= 4 is 92.8 Å². The zero-order valence-electron chi connectivity index (χ0n) is 24.9. The van der Waals surface area contributed by atoms with E-state index in [9.17, 15) is 48.8 Å². The van der Waals surface area contributed by atoms with Gasteiger partial charge in [0.1, 0.15) is 9.79 Å². The maximum atomic E-state index is 12.0. The quantitative estimate of drug-likeness (QED) is 0.0925. The number of carboxylic acid groups (broad SMARTS) is 1. The smallest absolute Gasteiger partial charge is 0.335 e. The summed E-state index contributed by atoms with van der Waals surface area (Å²) in [6, 6.07) is 20.3. The summed E-state index contributed by atoms with van der Waals surface area (Å²) in [7, 11) is -14.3. The molecule has 256 valence electrons. The summed E-state index contributed by atoms with van der Waals surface area (Å²) in [6.45, 7) is 0. The van der Waals surface area contributed by atoms with Gasteiger partial charge in [-0.2, -0.15) is 40.2 Å². The fraction of sp³-hybridized carbons (Fsp3) is 0. The number of nitrogens with zero attached hydrogens (tertiary/aromatic N) is 3. The van der Waals surface area contributed by atoms with E-state index in [0.29, 0.717) is 22.8 Å². The molecule has 0 unspecified atom stereocenters. The molecule has 20 heteroatoms. The summed E-state index contributed by atoms with van der Waals surface area (Å²) in [5.41, 5.74) is 0.872. The van der Waals surface area contributed by atoms with Gasteiger partial charge < -0.3 is 21.1 Å². The van der Waals surface area contributed by atoms with Crippen LogP contribution in [0.1, 0.15) is 10.4 Å². The van der Waals surface area contributed by atoms with Crippen LogP contribution in [0.3, 0.4) is 0 Å². The van der Waals surface area contributed by atoms with Gasteiger partial charge in [-0.1, -0.05) is 30.3 Å². The number of hydrogen-bond acceptors (Lipinski definition) is 13. The van der Waals surface area contributed by atoms with Gasteiger partial charge in [0.15, 0.2) is 0 Å². The van der Waals surface area contributed by atoms with Gasteiger partial charge in [-0.15, -0.1) is 0 Å². The van der Waals surface area contributed by atoms with Crippen molar-refractivity contribution in [1.29, 1.82) is 0 Å². The van der Waals surface area contributed by atoms with E-state index in [0.717, 1.165) is 6.07 Å². The Morgan fingerprint density at radius 3 is 1.54 bits per heavy atom. The fourth-order valence-electron chi connectivity index (χ4n) is 4.97. The summed E-state index contributed by atoms with van der Waals surface area (Å²) >= 11 is 0. The lowest BCUT2D eigenvalue weighted by atomic mass is 10.1. The average Bonchev–Trinajstić information content (AvgIpc) is 3.02. The van der Waals surface area contributed by atoms with Crippen molar-refractivity contribution in [2.45, 2.75) is 14.7 Å². The van der Waals surface area contributed by atoms with Gasteiger partial charge in [-0.3, -0.25) is 13.7 Å². The molecule has 1 aromatic heterocycles. The zero-order chi connectivity index (χ0) is 36.0. The first kappa shape index (κ1) is 34.1. The molecule has 0 amide bonds. The Bertz CT molecular complexity index is 2710. The minimum absolute atomic E-state index is 0.00517. The van der Waals surface area contributed by atoms with Crippen LogP contribution in [0, 0.1) is 0 Å². The van der Waals surface area contributed by atoms with Crippen molar-refractivity contribution in [2.75, 3.05) is 16.0 Å². The maximum Gasteiger partial charge on any atom is 0.335 e. The number of carbonyl (C=O) groups is 1. The lowest BCUT2D eigenvalue weighted by molar-refractivity contribution is 0.0696. The number of rotatable bonds is 10. The third-order valence-corrected chi connectivity index (χ3v) is 9.73. The molecule has 0 saturated carbocycles. The van der Waals surface area contributed by atoms with Gasteiger partial charge in [0, 0.05) is 27.8 Å². The van der Waals surface area contributed by atoms with Crippen molar-refractivity contribution in [1.82, 2.24) is 15.0 Å². The van der Waals surface area contributed by atoms with Gasteiger partial charge >= 0.3 is 5.97 Å². The van der Waals surface area contributed by atoms with Crippen molar-refractivity contribution in [3.8, 4) is 0 Å². The first-order chi connectivity index (χ1) is 23.4. The highest BCUT2D eigenvalue weighted by atomic mass is 32.2. The van der Waals surface area contributed by atoms with E-state index in [2.05, 4.69) is 30.9 Å². The number of aromatic nitrogens is 3. The Kier molecular flexibility index (Phi) is 8.59. The van der Waals surface area contributed by atoms with E-state index < -0.39 is 46.1 Å². The van der Waals surface area contributed by atoms with E-state index in [1.54, 1.807) is 18.2 Å². The van der Waals surface area contributed by atoms with Crippen LogP contribution in [0.4, 0.5) is 34.9 Å². The van der Waals surface area contributed by atoms with Gasteiger partial charge in [-0.05, 0) is 71.4 Å². The highest BCUT2D eigenvalue weighted by Gasteiger charge is 2.21. The van der Waals surface area contributed by atoms with E-state index in [4.69, 9.17) is 0 Å². The lowest BCUT2D eigenvalue weighted by Gasteiger charge is -2.13. The van der Waals surface area contributed by atoms with Crippen LogP contribution in [0.15, 0.2) is 106 Å². The molecule has 0 aliphatic carbocycles. The molecule has 1 heterocycles. The first-order valence-corrected chi connectivity index (χ1v) is 18.2. The Labute approximate surface area is 282 Å². The SMILES string of the molecule is O=C(O)c1cccc(Nc2nc(Nc3ccc4c(S(=O)(=O)O)cccc4c3)nc(Nc3ccc4c(S(=O)(=O)O)cc(S(=O)(=O)O)cc4c3)n2)c1. The second-order valence-electron chi connectivity index (χ2n) is 10.5. The van der Waals surface area contributed by atoms with Crippen molar-refractivity contribution < 1.29 is 48.8 Å². The molecule has 0 saturated heterocycles. The molecule has 0 aliphatic heterocycles. The third-order valence-electron chi connectivity index (χ3n) is 7.10. The van der Waals surface area contributed by atoms with Crippen LogP contribution in [0.5, 0.6) is 0 Å². The number of aromatic carboxylic acids is 1. The number of nitrogens with one attached hydrogen (secondary N) is 3. The van der Waals surface area contributed by atoms with E-state index in [1.807, 2.05) is 0 Å². The summed E-state index contributed by atoms with van der Waals surface area (Å²) in [4.78, 5) is 22.7. The van der Waals surface area contributed by atoms with E-state index in [-0.39, 0.29) is 50.2 Å². The standard InChI is InChI=1S/C30H22N6O11S3/c37-27(38)17-4-1-5-19(12-17)31-28-34-29(32-20-7-9-23-16(11-20)3-2-6-25(23)49(42,43)44)36-30(35-28)33-21-8-10-24-18(13-21)14-22(48(39,40)41)15-26(24)50(45,46)47/h1-15H,(H,37,38)(H,39,40,41)(H,42,43,44)(H,45,46,47)(H3,31,32,33,34,35,36). The Balaban J connectivity index is 1.42. The fourth-order valence-corrected chi connectivity index (χ4v) is 7.04. The molecule has 6 rings (SSSR count). The van der Waals surface area contributed by atoms with Crippen LogP contribution >= 0.6 is 0 Å². The second kappa shape index (κ2) is 12.6. The van der Waals surface area contributed by atoms with Crippen LogP contribution < -0.4 is 16.0 Å². The predicted molar refractivity (Wildman–Crippen MR) is 180 cm³/mol. The molecule has 17 nitrogen and oxygen atoms in total. The molecule has 0 aliphatic rings. The zero-order valence-corrected chi connectivity index (χ0v) is 27.3. The van der Waals surface area contributed by atoms with E-state index >= 15 is 0 Å². The second-order valence-corrected chi connectivity index (χ2v) is 14.7. The minimum Gasteiger partial charge on any atom is -0.478 e. The normalized spacial score (nSPS) is 12.1. The molecule has 6 aromatic rings. The van der Waals surface area contributed by atoms with Gasteiger partial charge in [-0.25, -0.2) is 4.79 Å². The van der Waals surface area contributed by atoms with Crippen LogP contribution in [0.2, 0.25) is 0 Å². The van der Waals surface area contributed by atoms with Crippen molar-refractivity contribution in [3.05, 3.63) is 96.6 Å². The maximum absolute atomic E-state index is 12.0. The first-order valence-electron chi connectivity index (χ1n) is 13.9. The molecule has 5 aromatic carbocycles. The Hall–Kier alpha value is -5.77. The van der Waals surface area contributed by atoms with Gasteiger partial charge in [0.25, 0.3) is 30.4 Å². The lowest BCUT2D eigenvalue weighted by Crippen LogP contribution is -2.08. The van der Waals surface area contributed by atoms with Crippen LogP contribution in [0.25, 0.3) is 21.5 Å². The number of carboxylic acids is 1. The van der Waals surface area contributed by atoms with Gasteiger partial charge in [0.05, 0.1) is 10.5 Å². The molecule has 0 atom stereocenters. The molecular formula is C30H22N6O11S3. The topological polar surface area (TPSA) is 275 Å². The highest BCUT2D eigenvalue weighted by Crippen LogP contribution is 2.31. The van der Waals surface area contributed by atoms with Crippen LogP contribution in [-0.4, -0.2) is 64.9 Å². The third kappa shape index (κ3) is 7.44. The number of fused-ring (bicyclic) bond motifs is 2. The highest BCUT2D eigenvalue weighted by molar-refractivity contribution is 7.87. The summed E-state index contributed by atoms with van der Waals surface area (Å²) in [6.07, 6.45) is 0. The number of hydrogen-bond donors (Lipinski definition) is 7. The summed E-state index contributed by atoms with van der Waals surface area (Å²) < 4.78 is 100. The summed E-state index contributed by atoms with van der Waals surface area (Å²) in [5, 5.41) is 18.8. The largest absolute Gasteiger partial charge is 0.478 e. The molecule has 0 radical (unpaired) electrons. The van der Waals surface area contributed by atoms with Crippen LogP contribution in [-0.2, 0) is 30.4 Å². The number of anilines is 6. The predicted octanol–water partition coefficient (Wildman–Crippen LogP) is 4.85. The Morgan fingerprint density at radius 1 is 0.520 bits per heavy atom. The molecule has 7 N–H and O–H groups in total. The van der Waals surface area contributed by atoms with Gasteiger partial charge in [0.2, 0.25) is 17.8 Å². The molecule has 0 fully saturated rings.